The van der Waals surface area contributed by atoms with Gasteiger partial charge >= 0.3 is 0 Å². The fraction of sp³-hybridized carbons (Fsp3) is 0.0714. The van der Waals surface area contributed by atoms with Crippen LogP contribution in [0.5, 0.6) is 0 Å². The Kier molecular flexibility index (Phi) is 4.21. The van der Waals surface area contributed by atoms with Crippen LogP contribution in [0.15, 0.2) is 45.8 Å². The molecule has 0 bridgehead atoms. The van der Waals surface area contributed by atoms with E-state index in [1.165, 1.54) is 18.2 Å². The summed E-state index contributed by atoms with van der Waals surface area (Å²) in [5.74, 6) is 0. The summed E-state index contributed by atoms with van der Waals surface area (Å²) in [5, 5.41) is 9.07. The van der Waals surface area contributed by atoms with Crippen LogP contribution in [0.1, 0.15) is 11.1 Å². The highest BCUT2D eigenvalue weighted by Crippen LogP contribution is 2.25. The summed E-state index contributed by atoms with van der Waals surface area (Å²) >= 11 is 3.29. The number of anilines is 2. The number of nitrogens with two attached hydrogens (primary N) is 1. The van der Waals surface area contributed by atoms with Crippen molar-refractivity contribution in [1.29, 1.82) is 5.26 Å². The predicted molar refractivity (Wildman–Crippen MR) is 85.3 cm³/mol. The molecular formula is C14H12BrN3O2S. The maximum Gasteiger partial charge on any atom is 0.263 e. The van der Waals surface area contributed by atoms with E-state index in [1.54, 1.807) is 19.1 Å². The number of nitrogens with one attached hydrogen (secondary N) is 1. The van der Waals surface area contributed by atoms with Crippen molar-refractivity contribution in [2.24, 2.45) is 0 Å². The lowest BCUT2D eigenvalue weighted by atomic mass is 10.2. The van der Waals surface area contributed by atoms with Crippen LogP contribution < -0.4 is 10.5 Å². The minimum Gasteiger partial charge on any atom is -0.399 e. The van der Waals surface area contributed by atoms with Crippen LogP contribution in [0.2, 0.25) is 0 Å². The number of hydrogen-bond donors (Lipinski definition) is 2. The van der Waals surface area contributed by atoms with Crippen molar-refractivity contribution >= 4 is 37.3 Å². The summed E-state index contributed by atoms with van der Waals surface area (Å²) < 4.78 is 28.1. The fourth-order valence-corrected chi connectivity index (χ4v) is 3.39. The minimum absolute atomic E-state index is 0.00940. The molecule has 21 heavy (non-hydrogen) atoms. The third-order valence-electron chi connectivity index (χ3n) is 2.86. The molecule has 7 heteroatoms. The quantitative estimate of drug-likeness (QED) is 0.817. The van der Waals surface area contributed by atoms with Crippen LogP contribution in [0, 0.1) is 18.3 Å². The van der Waals surface area contributed by atoms with E-state index in [4.69, 9.17) is 11.0 Å². The van der Waals surface area contributed by atoms with Gasteiger partial charge in [-0.25, -0.2) is 8.42 Å². The maximum absolute atomic E-state index is 12.4. The first kappa shape index (κ1) is 15.4. The van der Waals surface area contributed by atoms with Gasteiger partial charge in [-0.15, -0.1) is 0 Å². The predicted octanol–water partition coefficient (Wildman–Crippen LogP) is 3.01. The monoisotopic (exact) mass is 365 g/mol. The fourth-order valence-electron chi connectivity index (χ4n) is 1.77. The Labute approximate surface area is 131 Å². The molecule has 2 aromatic rings. The van der Waals surface area contributed by atoms with Crippen molar-refractivity contribution in [1.82, 2.24) is 0 Å². The SMILES string of the molecule is Cc1ccc(Br)cc1NS(=O)(=O)c1ccc(N)cc1C#N. The third-order valence-corrected chi connectivity index (χ3v) is 4.77. The number of hydrogen-bond acceptors (Lipinski definition) is 4. The lowest BCUT2D eigenvalue weighted by Gasteiger charge is -2.12. The molecule has 0 aliphatic heterocycles. The summed E-state index contributed by atoms with van der Waals surface area (Å²) in [6, 6.07) is 11.2. The molecule has 0 heterocycles. The van der Waals surface area contributed by atoms with Gasteiger partial charge in [-0.1, -0.05) is 22.0 Å². The average molecular weight is 366 g/mol. The Bertz CT molecular complexity index is 842. The van der Waals surface area contributed by atoms with Gasteiger partial charge in [0.05, 0.1) is 11.3 Å². The molecule has 2 aromatic carbocycles. The van der Waals surface area contributed by atoms with Gasteiger partial charge in [0.2, 0.25) is 0 Å². The Morgan fingerprint density at radius 1 is 1.24 bits per heavy atom. The molecule has 0 atom stereocenters. The van der Waals surface area contributed by atoms with E-state index in [0.29, 0.717) is 11.4 Å². The van der Waals surface area contributed by atoms with Crippen LogP contribution in [-0.2, 0) is 10.0 Å². The standard InChI is InChI=1S/C14H12BrN3O2S/c1-9-2-3-11(15)7-13(9)18-21(19,20)14-5-4-12(17)6-10(14)8-16/h2-7,18H,17H2,1H3. The number of halogens is 1. The highest BCUT2D eigenvalue weighted by molar-refractivity contribution is 9.10. The third kappa shape index (κ3) is 3.35. The second-order valence-corrected chi connectivity index (χ2v) is 7.00. The Balaban J connectivity index is 2.49. The van der Waals surface area contributed by atoms with Gasteiger partial charge in [0.15, 0.2) is 0 Å². The second-order valence-electron chi connectivity index (χ2n) is 4.43. The molecule has 0 saturated heterocycles. The smallest absolute Gasteiger partial charge is 0.263 e. The summed E-state index contributed by atoms with van der Waals surface area (Å²) in [7, 11) is -3.86. The van der Waals surface area contributed by atoms with Crippen LogP contribution in [0.3, 0.4) is 0 Å². The van der Waals surface area contributed by atoms with Crippen LogP contribution >= 0.6 is 15.9 Å². The summed E-state index contributed by atoms with van der Waals surface area (Å²) in [5.41, 5.74) is 7.14. The van der Waals surface area contributed by atoms with Crippen molar-refractivity contribution in [3.63, 3.8) is 0 Å². The minimum atomic E-state index is -3.86. The van der Waals surface area contributed by atoms with E-state index in [9.17, 15) is 8.42 Å². The summed E-state index contributed by atoms with van der Waals surface area (Å²) in [6.45, 7) is 1.79. The zero-order chi connectivity index (χ0) is 15.6. The summed E-state index contributed by atoms with van der Waals surface area (Å²) in [6.07, 6.45) is 0. The zero-order valence-electron chi connectivity index (χ0n) is 11.1. The lowest BCUT2D eigenvalue weighted by molar-refractivity contribution is 0.601. The van der Waals surface area contributed by atoms with Crippen molar-refractivity contribution in [3.8, 4) is 6.07 Å². The molecule has 108 valence electrons. The van der Waals surface area contributed by atoms with Gasteiger partial charge in [-0.2, -0.15) is 5.26 Å². The molecule has 0 unspecified atom stereocenters. The molecule has 0 spiro atoms. The van der Waals surface area contributed by atoms with Gasteiger partial charge < -0.3 is 5.73 Å². The maximum atomic E-state index is 12.4. The lowest BCUT2D eigenvalue weighted by Crippen LogP contribution is -2.15. The van der Waals surface area contributed by atoms with Gasteiger partial charge in [0.25, 0.3) is 10.0 Å². The Morgan fingerprint density at radius 2 is 1.95 bits per heavy atom. The molecule has 2 rings (SSSR count). The van der Waals surface area contributed by atoms with E-state index < -0.39 is 10.0 Å². The van der Waals surface area contributed by atoms with Gasteiger partial charge in [0.1, 0.15) is 11.0 Å². The highest BCUT2D eigenvalue weighted by atomic mass is 79.9. The van der Waals surface area contributed by atoms with E-state index in [2.05, 4.69) is 20.7 Å². The summed E-state index contributed by atoms with van der Waals surface area (Å²) in [4.78, 5) is -0.0985. The van der Waals surface area contributed by atoms with Crippen molar-refractivity contribution in [2.45, 2.75) is 11.8 Å². The molecule has 0 aromatic heterocycles. The van der Waals surface area contributed by atoms with E-state index in [1.807, 2.05) is 12.1 Å². The number of aryl methyl sites for hydroxylation is 1. The molecule has 5 nitrogen and oxygen atoms in total. The molecule has 0 fully saturated rings. The number of nitrogen functional groups attached to an aromatic ring is 1. The molecule has 0 aliphatic rings. The van der Waals surface area contributed by atoms with Crippen LogP contribution in [-0.4, -0.2) is 8.42 Å². The normalized spacial score (nSPS) is 10.9. The molecule has 0 radical (unpaired) electrons. The van der Waals surface area contributed by atoms with Gasteiger partial charge in [-0.3, -0.25) is 4.72 Å². The molecule has 0 aliphatic carbocycles. The largest absolute Gasteiger partial charge is 0.399 e. The molecule has 0 amide bonds. The highest BCUT2D eigenvalue weighted by Gasteiger charge is 2.19. The average Bonchev–Trinajstić information content (AvgIpc) is 2.42. The van der Waals surface area contributed by atoms with Crippen LogP contribution in [0.4, 0.5) is 11.4 Å². The Hall–Kier alpha value is -2.04. The van der Waals surface area contributed by atoms with Gasteiger partial charge in [0, 0.05) is 10.2 Å². The van der Waals surface area contributed by atoms with E-state index in [0.717, 1.165) is 10.0 Å². The Morgan fingerprint density at radius 3 is 2.62 bits per heavy atom. The van der Waals surface area contributed by atoms with Crippen molar-refractivity contribution in [3.05, 3.63) is 52.0 Å². The van der Waals surface area contributed by atoms with Crippen molar-refractivity contribution in [2.75, 3.05) is 10.5 Å². The molecular weight excluding hydrogens is 354 g/mol. The number of nitriles is 1. The first-order chi connectivity index (χ1) is 9.83. The van der Waals surface area contributed by atoms with E-state index in [-0.39, 0.29) is 10.5 Å². The van der Waals surface area contributed by atoms with E-state index >= 15 is 0 Å². The van der Waals surface area contributed by atoms with Crippen LogP contribution in [0.25, 0.3) is 0 Å². The zero-order valence-corrected chi connectivity index (χ0v) is 13.5. The second kappa shape index (κ2) is 5.76. The molecule has 3 N–H and O–H groups in total. The van der Waals surface area contributed by atoms with Gasteiger partial charge in [-0.05, 0) is 42.8 Å². The number of sulfonamides is 1. The molecule has 0 saturated carbocycles. The number of nitrogens with zero attached hydrogens (tertiary/aromatic N) is 1. The topological polar surface area (TPSA) is 96.0 Å². The first-order valence-electron chi connectivity index (χ1n) is 5.92. The first-order valence-corrected chi connectivity index (χ1v) is 8.20. The number of rotatable bonds is 3. The number of benzene rings is 2. The van der Waals surface area contributed by atoms with Crippen molar-refractivity contribution < 1.29 is 8.42 Å².